The molecule has 4 heterocycles. The van der Waals surface area contributed by atoms with Gasteiger partial charge in [-0.15, -0.1) is 0 Å². The molecule has 3 saturated heterocycles. The number of piperazine rings is 1. The van der Waals surface area contributed by atoms with Gasteiger partial charge in [-0.2, -0.15) is 0 Å². The molecule has 0 aliphatic carbocycles. The molecular formula is C30H35FN4O4. The van der Waals surface area contributed by atoms with E-state index in [-0.39, 0.29) is 23.4 Å². The summed E-state index contributed by atoms with van der Waals surface area (Å²) in [6.07, 6.45) is 4.85. The van der Waals surface area contributed by atoms with E-state index in [1.807, 2.05) is 23.1 Å². The summed E-state index contributed by atoms with van der Waals surface area (Å²) in [6.45, 7) is 7.64. The van der Waals surface area contributed by atoms with Gasteiger partial charge in [-0.3, -0.25) is 19.1 Å². The Balaban J connectivity index is 1.14. The molecule has 3 aromatic rings. The number of fused-ring (bicyclic) bond motifs is 1. The third kappa shape index (κ3) is 5.38. The normalized spacial score (nSPS) is 22.1. The van der Waals surface area contributed by atoms with Crippen molar-refractivity contribution < 1.29 is 18.7 Å². The van der Waals surface area contributed by atoms with Gasteiger partial charge in [0.05, 0.1) is 17.5 Å². The quantitative estimate of drug-likeness (QED) is 0.483. The third-order valence-electron chi connectivity index (χ3n) is 8.32. The third-order valence-corrected chi connectivity index (χ3v) is 8.32. The molecule has 0 spiro atoms. The van der Waals surface area contributed by atoms with Crippen LogP contribution in [0.2, 0.25) is 0 Å². The molecule has 6 rings (SSSR count). The molecule has 3 fully saturated rings. The van der Waals surface area contributed by atoms with Crippen LogP contribution >= 0.6 is 0 Å². The van der Waals surface area contributed by atoms with E-state index in [4.69, 9.17) is 9.47 Å². The lowest BCUT2D eigenvalue weighted by Gasteiger charge is -2.37. The minimum absolute atomic E-state index is 0.124. The first-order chi connectivity index (χ1) is 19.0. The highest BCUT2D eigenvalue weighted by Crippen LogP contribution is 2.28. The minimum Gasteiger partial charge on any atom is -0.491 e. The van der Waals surface area contributed by atoms with Crippen molar-refractivity contribution in [2.75, 3.05) is 57.4 Å². The molecule has 2 aromatic carbocycles. The maximum Gasteiger partial charge on any atom is 0.262 e. The Morgan fingerprint density at radius 1 is 1.05 bits per heavy atom. The van der Waals surface area contributed by atoms with Crippen LogP contribution in [0.3, 0.4) is 0 Å². The van der Waals surface area contributed by atoms with Gasteiger partial charge in [0, 0.05) is 76.5 Å². The number of aromatic nitrogens is 1. The first kappa shape index (κ1) is 25.8. The summed E-state index contributed by atoms with van der Waals surface area (Å²) in [6, 6.07) is 12.7. The minimum atomic E-state index is -0.334. The second kappa shape index (κ2) is 11.0. The van der Waals surface area contributed by atoms with Crippen molar-refractivity contribution in [2.24, 2.45) is 0 Å². The number of pyridine rings is 1. The van der Waals surface area contributed by atoms with Gasteiger partial charge in [0.1, 0.15) is 18.2 Å². The topological polar surface area (TPSA) is 67.2 Å². The number of anilines is 1. The van der Waals surface area contributed by atoms with Crippen LogP contribution in [0.1, 0.15) is 26.2 Å². The number of carbonyl (C=O) groups excluding carboxylic acids is 1. The van der Waals surface area contributed by atoms with Gasteiger partial charge < -0.3 is 19.3 Å². The molecule has 206 valence electrons. The van der Waals surface area contributed by atoms with Gasteiger partial charge in [-0.05, 0) is 61.0 Å². The highest BCUT2D eigenvalue weighted by molar-refractivity contribution is 5.83. The second-order valence-corrected chi connectivity index (χ2v) is 10.8. The Morgan fingerprint density at radius 3 is 2.64 bits per heavy atom. The SMILES string of the molecule is CC(=O)N1CCN(C2CCN(c3ccc(-n4ccc5cc(OC[C@H]6CCCO6)ccc5c4=O)cc3F)C2)CC1. The van der Waals surface area contributed by atoms with Gasteiger partial charge in [-0.25, -0.2) is 4.39 Å². The standard InChI is InChI=1S/C30H35FN4O4/c1-21(36)32-12-14-33(15-13-32)24-9-10-34(19-24)29-7-4-23(18-28(29)31)35-11-8-22-17-25(5-6-27(22)30(35)37)39-20-26-3-2-16-38-26/h4-8,11,17-18,24,26H,2-3,9-10,12-16,19-20H2,1H3/t24?,26-/m1/s1. The molecule has 8 nitrogen and oxygen atoms in total. The number of hydrogen-bond acceptors (Lipinski definition) is 6. The molecule has 39 heavy (non-hydrogen) atoms. The summed E-state index contributed by atoms with van der Waals surface area (Å²) in [5, 5.41) is 1.34. The molecule has 1 amide bonds. The van der Waals surface area contributed by atoms with Crippen LogP contribution in [-0.4, -0.2) is 84.9 Å². The highest BCUT2D eigenvalue weighted by atomic mass is 19.1. The van der Waals surface area contributed by atoms with E-state index in [9.17, 15) is 9.59 Å². The van der Waals surface area contributed by atoms with Crippen molar-refractivity contribution in [2.45, 2.75) is 38.3 Å². The van der Waals surface area contributed by atoms with E-state index in [0.717, 1.165) is 70.5 Å². The molecule has 2 atom stereocenters. The lowest BCUT2D eigenvalue weighted by atomic mass is 10.1. The van der Waals surface area contributed by atoms with E-state index < -0.39 is 0 Å². The Morgan fingerprint density at radius 2 is 1.90 bits per heavy atom. The van der Waals surface area contributed by atoms with Crippen molar-refractivity contribution in [3.05, 3.63) is 64.8 Å². The zero-order chi connectivity index (χ0) is 26.9. The fourth-order valence-electron chi connectivity index (χ4n) is 6.05. The number of rotatable bonds is 6. The van der Waals surface area contributed by atoms with E-state index in [2.05, 4.69) is 9.80 Å². The van der Waals surface area contributed by atoms with Gasteiger partial charge in [0.15, 0.2) is 0 Å². The number of carbonyl (C=O) groups is 1. The largest absolute Gasteiger partial charge is 0.491 e. The fourth-order valence-corrected chi connectivity index (χ4v) is 6.05. The van der Waals surface area contributed by atoms with Gasteiger partial charge in [0.2, 0.25) is 5.91 Å². The van der Waals surface area contributed by atoms with Gasteiger partial charge >= 0.3 is 0 Å². The van der Waals surface area contributed by atoms with Crippen molar-refractivity contribution in [3.63, 3.8) is 0 Å². The molecule has 3 aliphatic rings. The van der Waals surface area contributed by atoms with Crippen LogP contribution in [0.15, 0.2) is 53.5 Å². The molecule has 0 radical (unpaired) electrons. The first-order valence-electron chi connectivity index (χ1n) is 13.9. The summed E-state index contributed by atoms with van der Waals surface area (Å²) in [7, 11) is 0. The van der Waals surface area contributed by atoms with E-state index in [1.165, 1.54) is 10.6 Å². The molecule has 0 saturated carbocycles. The number of nitrogens with zero attached hydrogens (tertiary/aromatic N) is 4. The number of halogens is 1. The van der Waals surface area contributed by atoms with Crippen LogP contribution in [-0.2, 0) is 9.53 Å². The zero-order valence-electron chi connectivity index (χ0n) is 22.4. The van der Waals surface area contributed by atoms with Gasteiger partial charge in [0.25, 0.3) is 5.56 Å². The smallest absolute Gasteiger partial charge is 0.262 e. The van der Waals surface area contributed by atoms with E-state index in [0.29, 0.717) is 35.2 Å². The first-order valence-corrected chi connectivity index (χ1v) is 13.9. The van der Waals surface area contributed by atoms with Crippen LogP contribution in [0.5, 0.6) is 5.75 Å². The lowest BCUT2D eigenvalue weighted by Crippen LogP contribution is -2.52. The Bertz CT molecular complexity index is 1410. The zero-order valence-corrected chi connectivity index (χ0v) is 22.4. The molecule has 0 bridgehead atoms. The molecule has 9 heteroatoms. The lowest BCUT2D eigenvalue weighted by molar-refractivity contribution is -0.130. The number of amides is 1. The van der Waals surface area contributed by atoms with E-state index >= 15 is 4.39 Å². The maximum absolute atomic E-state index is 15.4. The van der Waals surface area contributed by atoms with Crippen molar-refractivity contribution in [3.8, 4) is 11.4 Å². The summed E-state index contributed by atoms with van der Waals surface area (Å²) >= 11 is 0. The van der Waals surface area contributed by atoms with Crippen LogP contribution in [0.4, 0.5) is 10.1 Å². The van der Waals surface area contributed by atoms with Crippen molar-refractivity contribution in [1.82, 2.24) is 14.4 Å². The van der Waals surface area contributed by atoms with Crippen molar-refractivity contribution >= 4 is 22.4 Å². The van der Waals surface area contributed by atoms with Crippen LogP contribution < -0.4 is 15.2 Å². The Hall–Kier alpha value is -3.43. The second-order valence-electron chi connectivity index (χ2n) is 10.8. The molecule has 1 unspecified atom stereocenters. The number of benzene rings is 2. The summed E-state index contributed by atoms with van der Waals surface area (Å²) < 4.78 is 28.4. The maximum atomic E-state index is 15.4. The average Bonchev–Trinajstić information content (AvgIpc) is 3.65. The summed E-state index contributed by atoms with van der Waals surface area (Å²) in [5.74, 6) is 0.494. The predicted molar refractivity (Wildman–Crippen MR) is 148 cm³/mol. The summed E-state index contributed by atoms with van der Waals surface area (Å²) in [4.78, 5) is 31.3. The van der Waals surface area contributed by atoms with Crippen molar-refractivity contribution in [1.29, 1.82) is 0 Å². The van der Waals surface area contributed by atoms with Gasteiger partial charge in [-0.1, -0.05) is 0 Å². The van der Waals surface area contributed by atoms with E-state index in [1.54, 1.807) is 31.3 Å². The van der Waals surface area contributed by atoms with Crippen LogP contribution in [0, 0.1) is 5.82 Å². The average molecular weight is 535 g/mol. The molecular weight excluding hydrogens is 499 g/mol. The summed E-state index contributed by atoms with van der Waals surface area (Å²) in [5.41, 5.74) is 0.861. The number of hydrogen-bond donors (Lipinski definition) is 0. The Labute approximate surface area is 227 Å². The van der Waals surface area contributed by atoms with Crippen LogP contribution in [0.25, 0.3) is 16.5 Å². The Kier molecular flexibility index (Phi) is 7.27. The monoisotopic (exact) mass is 534 g/mol. The predicted octanol–water partition coefficient (Wildman–Crippen LogP) is 3.43. The fraction of sp³-hybridized carbons (Fsp3) is 0.467. The molecule has 3 aliphatic heterocycles. The molecule has 0 N–H and O–H groups in total. The molecule has 1 aromatic heterocycles. The number of ether oxygens (including phenoxy) is 2. The highest BCUT2D eigenvalue weighted by Gasteiger charge is 2.31.